The second-order valence-corrected chi connectivity index (χ2v) is 5.04. The van der Waals surface area contributed by atoms with Gasteiger partial charge in [0.1, 0.15) is 5.82 Å². The minimum Gasteiger partial charge on any atom is -0.257 e. The van der Waals surface area contributed by atoms with Crippen molar-refractivity contribution in [2.45, 2.75) is 26.2 Å². The van der Waals surface area contributed by atoms with Gasteiger partial charge in [-0.2, -0.15) is 0 Å². The lowest BCUT2D eigenvalue weighted by atomic mass is 9.93. The molecule has 0 fully saturated rings. The van der Waals surface area contributed by atoms with Gasteiger partial charge in [0.25, 0.3) is 0 Å². The van der Waals surface area contributed by atoms with E-state index in [0.717, 1.165) is 17.0 Å². The van der Waals surface area contributed by atoms with Crippen LogP contribution < -0.4 is 0 Å². The fourth-order valence-corrected chi connectivity index (χ4v) is 1.49. The number of nitrogens with zero attached hydrogens (tertiary/aromatic N) is 2. The van der Waals surface area contributed by atoms with Gasteiger partial charge in [0.2, 0.25) is 0 Å². The molecular weight excluding hydrogens is 215 g/mol. The van der Waals surface area contributed by atoms with E-state index < -0.39 is 0 Å². The molecule has 0 unspecified atom stereocenters. The Kier molecular flexibility index (Phi) is 2.92. The second kappa shape index (κ2) is 4.24. The summed E-state index contributed by atoms with van der Waals surface area (Å²) in [6.45, 7) is 6.28. The maximum Gasteiger partial charge on any atom is 0.123 e. The third-order valence-corrected chi connectivity index (χ3v) is 2.56. The van der Waals surface area contributed by atoms with Gasteiger partial charge in [-0.1, -0.05) is 20.8 Å². The van der Waals surface area contributed by atoms with Crippen molar-refractivity contribution in [3.05, 3.63) is 48.2 Å². The van der Waals surface area contributed by atoms with Crippen LogP contribution in [0.25, 0.3) is 11.3 Å². The van der Waals surface area contributed by atoms with Crippen molar-refractivity contribution in [3.8, 4) is 11.3 Å². The van der Waals surface area contributed by atoms with Gasteiger partial charge < -0.3 is 0 Å². The predicted octanol–water partition coefficient (Wildman–Crippen LogP) is 3.58. The van der Waals surface area contributed by atoms with E-state index >= 15 is 0 Å². The van der Waals surface area contributed by atoms with E-state index in [1.807, 2.05) is 0 Å². The first-order chi connectivity index (χ1) is 7.97. The van der Waals surface area contributed by atoms with Crippen molar-refractivity contribution in [2.75, 3.05) is 0 Å². The van der Waals surface area contributed by atoms with Crippen molar-refractivity contribution < 1.29 is 4.39 Å². The first-order valence-electron chi connectivity index (χ1n) is 5.55. The molecule has 0 saturated heterocycles. The molecule has 0 saturated carbocycles. The standard InChI is InChI=1S/C14H15FN2/c1-14(2,3)13-9-16-12(8-17-13)10-4-6-11(15)7-5-10/h4-9H,1-3H3. The van der Waals surface area contributed by atoms with Crippen LogP contribution in [0.1, 0.15) is 26.5 Å². The van der Waals surface area contributed by atoms with Crippen molar-refractivity contribution in [1.29, 1.82) is 0 Å². The lowest BCUT2D eigenvalue weighted by Gasteiger charge is -2.16. The van der Waals surface area contributed by atoms with Gasteiger partial charge >= 0.3 is 0 Å². The van der Waals surface area contributed by atoms with Gasteiger partial charge in [-0.25, -0.2) is 4.39 Å². The second-order valence-electron chi connectivity index (χ2n) is 5.04. The largest absolute Gasteiger partial charge is 0.257 e. The summed E-state index contributed by atoms with van der Waals surface area (Å²) in [4.78, 5) is 8.75. The number of rotatable bonds is 1. The molecule has 17 heavy (non-hydrogen) atoms. The lowest BCUT2D eigenvalue weighted by Crippen LogP contribution is -2.13. The van der Waals surface area contributed by atoms with E-state index in [1.54, 1.807) is 24.5 Å². The highest BCUT2D eigenvalue weighted by molar-refractivity contribution is 5.57. The third-order valence-electron chi connectivity index (χ3n) is 2.56. The molecule has 0 atom stereocenters. The molecule has 0 bridgehead atoms. The SMILES string of the molecule is CC(C)(C)c1cnc(-c2ccc(F)cc2)cn1. The molecule has 88 valence electrons. The summed E-state index contributed by atoms with van der Waals surface area (Å²) in [5, 5.41) is 0. The Hall–Kier alpha value is -1.77. The van der Waals surface area contributed by atoms with E-state index in [2.05, 4.69) is 30.7 Å². The van der Waals surface area contributed by atoms with Gasteiger partial charge in [-0.05, 0) is 24.3 Å². The number of hydrogen-bond donors (Lipinski definition) is 0. The molecule has 2 aromatic rings. The molecule has 0 aliphatic heterocycles. The Balaban J connectivity index is 2.33. The topological polar surface area (TPSA) is 25.8 Å². The molecule has 1 heterocycles. The molecule has 0 aliphatic carbocycles. The highest BCUT2D eigenvalue weighted by atomic mass is 19.1. The minimum absolute atomic E-state index is 0.00563. The monoisotopic (exact) mass is 230 g/mol. The summed E-state index contributed by atoms with van der Waals surface area (Å²) < 4.78 is 12.8. The van der Waals surface area contributed by atoms with Gasteiger partial charge in [-0.15, -0.1) is 0 Å². The van der Waals surface area contributed by atoms with Gasteiger partial charge in [0.15, 0.2) is 0 Å². The minimum atomic E-state index is -0.243. The van der Waals surface area contributed by atoms with Crippen LogP contribution in [0.2, 0.25) is 0 Å². The Labute approximate surface area is 101 Å². The zero-order chi connectivity index (χ0) is 12.5. The van der Waals surface area contributed by atoms with Crippen LogP contribution in [-0.2, 0) is 5.41 Å². The van der Waals surface area contributed by atoms with Crippen LogP contribution in [-0.4, -0.2) is 9.97 Å². The number of halogens is 1. The zero-order valence-corrected chi connectivity index (χ0v) is 10.2. The molecule has 1 aromatic heterocycles. The first kappa shape index (κ1) is 11.7. The third kappa shape index (κ3) is 2.67. The lowest BCUT2D eigenvalue weighted by molar-refractivity contribution is 0.566. The number of aromatic nitrogens is 2. The number of hydrogen-bond acceptors (Lipinski definition) is 2. The van der Waals surface area contributed by atoms with Gasteiger partial charge in [-0.3, -0.25) is 9.97 Å². The molecule has 0 amide bonds. The normalized spacial score (nSPS) is 11.5. The van der Waals surface area contributed by atoms with E-state index in [1.165, 1.54) is 12.1 Å². The highest BCUT2D eigenvalue weighted by Gasteiger charge is 2.15. The van der Waals surface area contributed by atoms with E-state index in [9.17, 15) is 4.39 Å². The average Bonchev–Trinajstić information content (AvgIpc) is 2.29. The molecule has 2 nitrogen and oxygen atoms in total. The number of benzene rings is 1. The first-order valence-corrected chi connectivity index (χ1v) is 5.55. The van der Waals surface area contributed by atoms with Crippen molar-refractivity contribution in [1.82, 2.24) is 9.97 Å². The Morgan fingerprint density at radius 2 is 1.59 bits per heavy atom. The summed E-state index contributed by atoms with van der Waals surface area (Å²) in [5.74, 6) is -0.243. The fraction of sp³-hybridized carbons (Fsp3) is 0.286. The van der Waals surface area contributed by atoms with Gasteiger partial charge in [0, 0.05) is 17.2 Å². The van der Waals surface area contributed by atoms with Crippen LogP contribution in [0, 0.1) is 5.82 Å². The van der Waals surface area contributed by atoms with E-state index in [0.29, 0.717) is 0 Å². The molecule has 1 aromatic carbocycles. The van der Waals surface area contributed by atoms with Crippen LogP contribution >= 0.6 is 0 Å². The summed E-state index contributed by atoms with van der Waals surface area (Å²) >= 11 is 0. The van der Waals surface area contributed by atoms with Gasteiger partial charge in [0.05, 0.1) is 17.6 Å². The summed E-state index contributed by atoms with van der Waals surface area (Å²) in [6.07, 6.45) is 3.51. The Morgan fingerprint density at radius 1 is 0.941 bits per heavy atom. The molecule has 3 heteroatoms. The average molecular weight is 230 g/mol. The van der Waals surface area contributed by atoms with E-state index in [4.69, 9.17) is 0 Å². The fourth-order valence-electron chi connectivity index (χ4n) is 1.49. The summed E-state index contributed by atoms with van der Waals surface area (Å²) in [5.41, 5.74) is 2.58. The molecule has 2 rings (SSSR count). The highest BCUT2D eigenvalue weighted by Crippen LogP contribution is 2.21. The Bertz CT molecular complexity index is 495. The summed E-state index contributed by atoms with van der Waals surface area (Å²) in [7, 11) is 0. The van der Waals surface area contributed by atoms with Crippen molar-refractivity contribution >= 4 is 0 Å². The predicted molar refractivity (Wildman–Crippen MR) is 66.1 cm³/mol. The van der Waals surface area contributed by atoms with Crippen molar-refractivity contribution in [2.24, 2.45) is 0 Å². The summed E-state index contributed by atoms with van der Waals surface area (Å²) in [6, 6.07) is 6.26. The van der Waals surface area contributed by atoms with Crippen LogP contribution in [0.5, 0.6) is 0 Å². The van der Waals surface area contributed by atoms with Crippen LogP contribution in [0.3, 0.4) is 0 Å². The maximum atomic E-state index is 12.8. The smallest absolute Gasteiger partial charge is 0.123 e. The quantitative estimate of drug-likeness (QED) is 0.748. The van der Waals surface area contributed by atoms with Crippen LogP contribution in [0.4, 0.5) is 4.39 Å². The Morgan fingerprint density at radius 3 is 2.06 bits per heavy atom. The molecule has 0 spiro atoms. The molecular formula is C14H15FN2. The van der Waals surface area contributed by atoms with Crippen molar-refractivity contribution in [3.63, 3.8) is 0 Å². The molecule has 0 radical (unpaired) electrons. The van der Waals surface area contributed by atoms with Crippen LogP contribution in [0.15, 0.2) is 36.7 Å². The molecule has 0 N–H and O–H groups in total. The van der Waals surface area contributed by atoms with E-state index in [-0.39, 0.29) is 11.2 Å². The maximum absolute atomic E-state index is 12.8. The zero-order valence-electron chi connectivity index (χ0n) is 10.2. The molecule has 0 aliphatic rings.